The molecule has 3 rings (SSSR count). The molecule has 0 aromatic carbocycles. The quantitative estimate of drug-likeness (QED) is 0.644. The topological polar surface area (TPSA) is 66.5 Å². The van der Waals surface area contributed by atoms with Gasteiger partial charge in [-0.3, -0.25) is 19.8 Å². The van der Waals surface area contributed by atoms with Gasteiger partial charge in [0.25, 0.3) is 11.8 Å². The molecule has 1 saturated heterocycles. The van der Waals surface area contributed by atoms with E-state index >= 15 is 0 Å². The molecule has 0 bridgehead atoms. The number of urea groups is 1. The van der Waals surface area contributed by atoms with Crippen molar-refractivity contribution in [3.63, 3.8) is 0 Å². The van der Waals surface area contributed by atoms with E-state index in [1.807, 2.05) is 12.1 Å². The Morgan fingerprint density at radius 2 is 1.95 bits per heavy atom. The average Bonchev–Trinajstić information content (AvgIpc) is 3.06. The lowest BCUT2D eigenvalue weighted by atomic mass is 10.1. The van der Waals surface area contributed by atoms with Crippen LogP contribution in [0.4, 0.5) is 4.79 Å². The van der Waals surface area contributed by atoms with Crippen molar-refractivity contribution < 1.29 is 14.4 Å². The molecule has 7 heteroatoms. The van der Waals surface area contributed by atoms with E-state index in [-0.39, 0.29) is 11.6 Å². The van der Waals surface area contributed by atoms with Crippen LogP contribution in [0.3, 0.4) is 0 Å². The standard InChI is InChI=1S/C14H13BrN2O3S/c15-11-6-5-9(21-11)7-10-12(18)16-14(20)17(13(10)19)8-3-1-2-4-8/h5-8H,1-4H2,(H,16,18,20)/b10-7+. The van der Waals surface area contributed by atoms with Crippen LogP contribution >= 0.6 is 27.3 Å². The summed E-state index contributed by atoms with van der Waals surface area (Å²) >= 11 is 4.77. The van der Waals surface area contributed by atoms with Gasteiger partial charge < -0.3 is 0 Å². The summed E-state index contributed by atoms with van der Waals surface area (Å²) in [6, 6.07) is 2.98. The van der Waals surface area contributed by atoms with Gasteiger partial charge in [-0.05, 0) is 47.0 Å². The van der Waals surface area contributed by atoms with E-state index in [9.17, 15) is 14.4 Å². The molecule has 1 N–H and O–H groups in total. The zero-order valence-corrected chi connectivity index (χ0v) is 13.5. The molecule has 2 fully saturated rings. The predicted molar refractivity (Wildman–Crippen MR) is 82.6 cm³/mol. The van der Waals surface area contributed by atoms with E-state index < -0.39 is 17.8 Å². The van der Waals surface area contributed by atoms with Crippen molar-refractivity contribution in [2.45, 2.75) is 31.7 Å². The Balaban J connectivity index is 1.92. The maximum Gasteiger partial charge on any atom is 0.331 e. The molecule has 0 spiro atoms. The van der Waals surface area contributed by atoms with Gasteiger partial charge in [0.15, 0.2) is 0 Å². The highest BCUT2D eigenvalue weighted by Crippen LogP contribution is 2.29. The molecule has 0 atom stereocenters. The zero-order valence-electron chi connectivity index (χ0n) is 11.1. The number of nitrogens with one attached hydrogen (secondary N) is 1. The van der Waals surface area contributed by atoms with Gasteiger partial charge in [0.1, 0.15) is 5.57 Å². The molecule has 0 radical (unpaired) electrons. The third-order valence-corrected chi connectivity index (χ3v) is 5.27. The smallest absolute Gasteiger partial charge is 0.273 e. The molecule has 2 aliphatic rings. The first-order valence-electron chi connectivity index (χ1n) is 6.72. The first-order valence-corrected chi connectivity index (χ1v) is 8.33. The van der Waals surface area contributed by atoms with Gasteiger partial charge in [-0.1, -0.05) is 12.8 Å². The summed E-state index contributed by atoms with van der Waals surface area (Å²) < 4.78 is 0.918. The maximum atomic E-state index is 12.5. The lowest BCUT2D eigenvalue weighted by Crippen LogP contribution is -2.57. The van der Waals surface area contributed by atoms with Crippen LogP contribution in [0.15, 0.2) is 21.5 Å². The number of hydrogen-bond donors (Lipinski definition) is 1. The summed E-state index contributed by atoms with van der Waals surface area (Å²) in [5, 5.41) is 2.27. The lowest BCUT2D eigenvalue weighted by Gasteiger charge is -2.31. The molecule has 1 aliphatic heterocycles. The van der Waals surface area contributed by atoms with Crippen LogP contribution in [0.1, 0.15) is 30.6 Å². The maximum absolute atomic E-state index is 12.5. The molecule has 5 nitrogen and oxygen atoms in total. The van der Waals surface area contributed by atoms with E-state index in [1.54, 1.807) is 6.08 Å². The Morgan fingerprint density at radius 3 is 2.57 bits per heavy atom. The molecular weight excluding hydrogens is 356 g/mol. The highest BCUT2D eigenvalue weighted by Gasteiger charge is 2.40. The van der Waals surface area contributed by atoms with Gasteiger partial charge in [0.2, 0.25) is 0 Å². The first kappa shape index (κ1) is 14.5. The number of thiophene rings is 1. The van der Waals surface area contributed by atoms with Crippen molar-refractivity contribution in [2.24, 2.45) is 0 Å². The minimum atomic E-state index is -0.622. The molecule has 110 valence electrons. The highest BCUT2D eigenvalue weighted by molar-refractivity contribution is 9.11. The second-order valence-corrected chi connectivity index (χ2v) is 7.57. The molecule has 1 saturated carbocycles. The second kappa shape index (κ2) is 5.73. The van der Waals surface area contributed by atoms with Crippen LogP contribution < -0.4 is 5.32 Å². The van der Waals surface area contributed by atoms with Crippen molar-refractivity contribution in [3.05, 3.63) is 26.4 Å². The number of nitrogens with zero attached hydrogens (tertiary/aromatic N) is 1. The fourth-order valence-corrected chi connectivity index (χ4v) is 4.08. The van der Waals surface area contributed by atoms with Crippen molar-refractivity contribution in [1.82, 2.24) is 10.2 Å². The zero-order chi connectivity index (χ0) is 15.0. The first-order chi connectivity index (χ1) is 10.1. The van der Waals surface area contributed by atoms with Gasteiger partial charge in [0, 0.05) is 10.9 Å². The van der Waals surface area contributed by atoms with Gasteiger partial charge in [-0.2, -0.15) is 0 Å². The number of hydrogen-bond acceptors (Lipinski definition) is 4. The molecule has 1 aromatic heterocycles. The van der Waals surface area contributed by atoms with Crippen LogP contribution in [0.5, 0.6) is 0 Å². The Hall–Kier alpha value is -1.47. The summed E-state index contributed by atoms with van der Waals surface area (Å²) in [6.07, 6.45) is 5.18. The third kappa shape index (κ3) is 2.80. The Morgan fingerprint density at radius 1 is 1.24 bits per heavy atom. The van der Waals surface area contributed by atoms with Crippen molar-refractivity contribution >= 4 is 51.2 Å². The summed E-state index contributed by atoms with van der Waals surface area (Å²) in [7, 11) is 0. The van der Waals surface area contributed by atoms with E-state index in [2.05, 4.69) is 21.2 Å². The molecule has 1 aromatic rings. The van der Waals surface area contributed by atoms with Gasteiger partial charge in [-0.25, -0.2) is 4.79 Å². The number of rotatable bonds is 2. The minimum absolute atomic E-state index is 0.0239. The fraction of sp³-hybridized carbons (Fsp3) is 0.357. The third-order valence-electron chi connectivity index (χ3n) is 3.70. The molecular formula is C14H13BrN2O3S. The number of carbonyl (C=O) groups excluding carboxylic acids is 3. The predicted octanol–water partition coefficient (Wildman–Crippen LogP) is 2.92. The molecule has 0 unspecified atom stereocenters. The van der Waals surface area contributed by atoms with Crippen LogP contribution in [-0.2, 0) is 9.59 Å². The number of imide groups is 2. The minimum Gasteiger partial charge on any atom is -0.273 e. The fourth-order valence-electron chi connectivity index (χ4n) is 2.71. The summed E-state index contributed by atoms with van der Waals surface area (Å²) in [4.78, 5) is 38.4. The van der Waals surface area contributed by atoms with E-state index in [0.717, 1.165) is 34.3 Å². The Labute approximate surface area is 134 Å². The lowest BCUT2D eigenvalue weighted by molar-refractivity contribution is -0.131. The number of amides is 4. The van der Waals surface area contributed by atoms with Crippen LogP contribution in [0.25, 0.3) is 6.08 Å². The SMILES string of the molecule is O=C1NC(=O)N(C2CCCC2)C(=O)/C1=C/c1ccc(Br)s1. The molecule has 2 heterocycles. The van der Waals surface area contributed by atoms with E-state index in [1.165, 1.54) is 16.2 Å². The molecule has 1 aliphatic carbocycles. The monoisotopic (exact) mass is 368 g/mol. The van der Waals surface area contributed by atoms with Crippen molar-refractivity contribution in [1.29, 1.82) is 0 Å². The number of barbiturate groups is 1. The summed E-state index contributed by atoms with van der Waals surface area (Å²) in [5.74, 6) is -1.11. The average molecular weight is 369 g/mol. The van der Waals surface area contributed by atoms with Crippen molar-refractivity contribution in [3.8, 4) is 0 Å². The largest absolute Gasteiger partial charge is 0.331 e. The van der Waals surface area contributed by atoms with E-state index in [0.29, 0.717) is 0 Å². The van der Waals surface area contributed by atoms with Gasteiger partial charge >= 0.3 is 6.03 Å². The molecule has 21 heavy (non-hydrogen) atoms. The van der Waals surface area contributed by atoms with Crippen LogP contribution in [0.2, 0.25) is 0 Å². The number of carbonyl (C=O) groups is 3. The van der Waals surface area contributed by atoms with Crippen molar-refractivity contribution in [2.75, 3.05) is 0 Å². The summed E-state index contributed by atoms with van der Waals surface area (Å²) in [6.45, 7) is 0. The normalized spacial score (nSPS) is 22.2. The molecule has 4 amide bonds. The van der Waals surface area contributed by atoms with Gasteiger partial charge in [-0.15, -0.1) is 11.3 Å². The van der Waals surface area contributed by atoms with Gasteiger partial charge in [0.05, 0.1) is 3.79 Å². The van der Waals surface area contributed by atoms with Crippen LogP contribution in [-0.4, -0.2) is 28.8 Å². The second-order valence-electron chi connectivity index (χ2n) is 5.07. The summed E-state index contributed by atoms with van der Waals surface area (Å²) in [5.41, 5.74) is 0.0239. The van der Waals surface area contributed by atoms with Crippen LogP contribution in [0, 0.1) is 0 Å². The van der Waals surface area contributed by atoms with E-state index in [4.69, 9.17) is 0 Å². The number of halogens is 1. The highest BCUT2D eigenvalue weighted by atomic mass is 79.9. The Bertz CT molecular complexity index is 646. The Kier molecular flexibility index (Phi) is 3.95.